The van der Waals surface area contributed by atoms with E-state index in [1.807, 2.05) is 18.2 Å². The molecular formula is C15H23NO4. The van der Waals surface area contributed by atoms with Crippen molar-refractivity contribution in [1.82, 2.24) is 0 Å². The molecule has 0 spiro atoms. The van der Waals surface area contributed by atoms with Gasteiger partial charge in [0.15, 0.2) is 11.5 Å². The first kappa shape index (κ1) is 15.1. The van der Waals surface area contributed by atoms with Crippen molar-refractivity contribution in [2.45, 2.75) is 25.0 Å². The maximum Gasteiger partial charge on any atom is 0.161 e. The predicted molar refractivity (Wildman–Crippen MR) is 76.3 cm³/mol. The Balaban J connectivity index is 1.92. The molecule has 1 aliphatic rings. The lowest BCUT2D eigenvalue weighted by atomic mass is 10.1. The largest absolute Gasteiger partial charge is 0.493 e. The topological polar surface area (TPSA) is 62.9 Å². The second kappa shape index (κ2) is 7.47. The molecule has 1 aromatic rings. The average molecular weight is 281 g/mol. The Bertz CT molecular complexity index is 418. The van der Waals surface area contributed by atoms with Crippen LogP contribution in [-0.4, -0.2) is 40.1 Å². The molecule has 5 heteroatoms. The monoisotopic (exact) mass is 281 g/mol. The van der Waals surface area contributed by atoms with Gasteiger partial charge in [0.05, 0.1) is 33.0 Å². The lowest BCUT2D eigenvalue weighted by Gasteiger charge is -2.24. The van der Waals surface area contributed by atoms with Gasteiger partial charge in [-0.05, 0) is 30.5 Å². The van der Waals surface area contributed by atoms with E-state index in [0.717, 1.165) is 31.6 Å². The highest BCUT2D eigenvalue weighted by Crippen LogP contribution is 2.29. The Hall–Kier alpha value is -1.30. The smallest absolute Gasteiger partial charge is 0.161 e. The van der Waals surface area contributed by atoms with Gasteiger partial charge in [-0.3, -0.25) is 0 Å². The van der Waals surface area contributed by atoms with E-state index >= 15 is 0 Å². The molecule has 1 saturated heterocycles. The Morgan fingerprint density at radius 3 is 2.55 bits per heavy atom. The standard InChI is InChI=1S/C15H23NO4/c1-17-14-4-3-11(9-15(14)18-2)13(16)10-20-12-5-7-19-8-6-12/h3-4,9,12-13H,5-8,10,16H2,1-2H3. The maximum absolute atomic E-state index is 6.17. The highest BCUT2D eigenvalue weighted by Gasteiger charge is 2.17. The van der Waals surface area contributed by atoms with Crippen LogP contribution in [0.4, 0.5) is 0 Å². The number of methoxy groups -OCH3 is 2. The molecule has 112 valence electrons. The first-order valence-corrected chi connectivity index (χ1v) is 6.91. The second-order valence-electron chi connectivity index (χ2n) is 4.87. The number of hydrogen-bond donors (Lipinski definition) is 1. The van der Waals surface area contributed by atoms with Crippen LogP contribution in [0.25, 0.3) is 0 Å². The SMILES string of the molecule is COc1ccc(C(N)COC2CCOCC2)cc1OC. The fraction of sp³-hybridized carbons (Fsp3) is 0.600. The molecule has 20 heavy (non-hydrogen) atoms. The molecule has 0 aliphatic carbocycles. The molecule has 1 fully saturated rings. The summed E-state index contributed by atoms with van der Waals surface area (Å²) in [7, 11) is 3.23. The van der Waals surface area contributed by atoms with Crippen LogP contribution in [-0.2, 0) is 9.47 Å². The molecule has 0 bridgehead atoms. The normalized spacial score (nSPS) is 17.8. The molecule has 2 N–H and O–H groups in total. The van der Waals surface area contributed by atoms with E-state index in [2.05, 4.69) is 0 Å². The van der Waals surface area contributed by atoms with Gasteiger partial charge < -0.3 is 24.7 Å². The molecule has 0 radical (unpaired) electrons. The summed E-state index contributed by atoms with van der Waals surface area (Å²) in [6.07, 6.45) is 2.15. The van der Waals surface area contributed by atoms with Crippen molar-refractivity contribution in [2.24, 2.45) is 5.73 Å². The van der Waals surface area contributed by atoms with Gasteiger partial charge in [0.1, 0.15) is 0 Å². The second-order valence-corrected chi connectivity index (χ2v) is 4.87. The predicted octanol–water partition coefficient (Wildman–Crippen LogP) is 1.90. The lowest BCUT2D eigenvalue weighted by molar-refractivity contribution is -0.0358. The van der Waals surface area contributed by atoms with Crippen LogP contribution >= 0.6 is 0 Å². The molecule has 5 nitrogen and oxygen atoms in total. The Labute approximate surface area is 120 Å². The molecule has 1 aromatic carbocycles. The third-order valence-corrected chi connectivity index (χ3v) is 3.52. The zero-order chi connectivity index (χ0) is 14.4. The highest BCUT2D eigenvalue weighted by atomic mass is 16.5. The average Bonchev–Trinajstić information content (AvgIpc) is 2.52. The lowest BCUT2D eigenvalue weighted by Crippen LogP contribution is -2.27. The summed E-state index contributed by atoms with van der Waals surface area (Å²) in [4.78, 5) is 0. The summed E-state index contributed by atoms with van der Waals surface area (Å²) < 4.78 is 21.7. The Morgan fingerprint density at radius 1 is 1.20 bits per heavy atom. The molecule has 1 atom stereocenters. The fourth-order valence-corrected chi connectivity index (χ4v) is 2.26. The van der Waals surface area contributed by atoms with Gasteiger partial charge in [0.2, 0.25) is 0 Å². The zero-order valence-corrected chi connectivity index (χ0v) is 12.1. The summed E-state index contributed by atoms with van der Waals surface area (Å²) in [5.74, 6) is 1.39. The van der Waals surface area contributed by atoms with Crippen LogP contribution in [0.15, 0.2) is 18.2 Å². The number of nitrogens with two attached hydrogens (primary N) is 1. The van der Waals surface area contributed by atoms with Crippen molar-refractivity contribution in [1.29, 1.82) is 0 Å². The highest BCUT2D eigenvalue weighted by molar-refractivity contribution is 5.43. The van der Waals surface area contributed by atoms with Crippen LogP contribution < -0.4 is 15.2 Å². The van der Waals surface area contributed by atoms with Crippen LogP contribution in [0, 0.1) is 0 Å². The summed E-state index contributed by atoms with van der Waals surface area (Å²) >= 11 is 0. The zero-order valence-electron chi connectivity index (χ0n) is 12.1. The number of hydrogen-bond acceptors (Lipinski definition) is 5. The van der Waals surface area contributed by atoms with Crippen molar-refractivity contribution >= 4 is 0 Å². The van der Waals surface area contributed by atoms with E-state index in [-0.39, 0.29) is 12.1 Å². The Kier molecular flexibility index (Phi) is 5.64. The van der Waals surface area contributed by atoms with E-state index in [9.17, 15) is 0 Å². The van der Waals surface area contributed by atoms with Crippen LogP contribution in [0.5, 0.6) is 11.5 Å². The molecule has 1 unspecified atom stereocenters. The number of ether oxygens (including phenoxy) is 4. The quantitative estimate of drug-likeness (QED) is 0.863. The van der Waals surface area contributed by atoms with Gasteiger partial charge in [-0.2, -0.15) is 0 Å². The van der Waals surface area contributed by atoms with Crippen LogP contribution in [0.2, 0.25) is 0 Å². The first-order chi connectivity index (χ1) is 9.74. The van der Waals surface area contributed by atoms with Gasteiger partial charge in [-0.1, -0.05) is 6.07 Å². The van der Waals surface area contributed by atoms with E-state index in [4.69, 9.17) is 24.7 Å². The first-order valence-electron chi connectivity index (χ1n) is 6.91. The van der Waals surface area contributed by atoms with E-state index in [1.165, 1.54) is 0 Å². The minimum Gasteiger partial charge on any atom is -0.493 e. The number of benzene rings is 1. The van der Waals surface area contributed by atoms with Gasteiger partial charge >= 0.3 is 0 Å². The molecule has 0 amide bonds. The van der Waals surface area contributed by atoms with E-state index in [0.29, 0.717) is 18.1 Å². The van der Waals surface area contributed by atoms with E-state index < -0.39 is 0 Å². The van der Waals surface area contributed by atoms with Crippen LogP contribution in [0.3, 0.4) is 0 Å². The van der Waals surface area contributed by atoms with Crippen LogP contribution in [0.1, 0.15) is 24.4 Å². The van der Waals surface area contributed by atoms with Crippen molar-refractivity contribution < 1.29 is 18.9 Å². The molecular weight excluding hydrogens is 258 g/mol. The molecule has 1 heterocycles. The summed E-state index contributed by atoms with van der Waals surface area (Å²) in [6.45, 7) is 2.05. The van der Waals surface area contributed by atoms with Crippen molar-refractivity contribution in [3.63, 3.8) is 0 Å². The van der Waals surface area contributed by atoms with Crippen molar-refractivity contribution in [3.05, 3.63) is 23.8 Å². The van der Waals surface area contributed by atoms with Gasteiger partial charge in [-0.15, -0.1) is 0 Å². The van der Waals surface area contributed by atoms with Gasteiger partial charge in [-0.25, -0.2) is 0 Å². The Morgan fingerprint density at radius 2 is 1.90 bits per heavy atom. The fourth-order valence-electron chi connectivity index (χ4n) is 2.26. The maximum atomic E-state index is 6.17. The third kappa shape index (κ3) is 3.85. The minimum absolute atomic E-state index is 0.169. The number of rotatable bonds is 6. The van der Waals surface area contributed by atoms with Gasteiger partial charge in [0, 0.05) is 13.2 Å². The molecule has 0 aromatic heterocycles. The summed E-state index contributed by atoms with van der Waals surface area (Å²) in [5.41, 5.74) is 7.16. The summed E-state index contributed by atoms with van der Waals surface area (Å²) in [5, 5.41) is 0. The van der Waals surface area contributed by atoms with Crippen molar-refractivity contribution in [3.8, 4) is 11.5 Å². The molecule has 0 saturated carbocycles. The van der Waals surface area contributed by atoms with E-state index in [1.54, 1.807) is 14.2 Å². The molecule has 2 rings (SSSR count). The minimum atomic E-state index is -0.169. The van der Waals surface area contributed by atoms with Crippen molar-refractivity contribution in [2.75, 3.05) is 34.0 Å². The summed E-state index contributed by atoms with van der Waals surface area (Å²) in [6, 6.07) is 5.54. The van der Waals surface area contributed by atoms with Gasteiger partial charge in [0.25, 0.3) is 0 Å². The third-order valence-electron chi connectivity index (χ3n) is 3.52. The molecule has 1 aliphatic heterocycles.